The van der Waals surface area contributed by atoms with Crippen LogP contribution < -0.4 is 10.4 Å². The number of allylic oxidation sites excluding steroid dienone is 3. The first kappa shape index (κ1) is 28.3. The zero-order chi connectivity index (χ0) is 25.0. The van der Waals surface area contributed by atoms with Crippen molar-refractivity contribution in [1.29, 1.82) is 0 Å². The third kappa shape index (κ3) is 7.80. The number of halogens is 1. The number of carbonyl (C=O) groups excluding carboxylic acids is 1. The van der Waals surface area contributed by atoms with Gasteiger partial charge in [-0.15, -0.1) is 0 Å². The number of Topliss-reactive ketones (excluding diaryl/α,β-unsaturated/α-hetero) is 1. The van der Waals surface area contributed by atoms with Gasteiger partial charge >= 0.3 is 0 Å². The smallest absolute Gasteiger partial charge is 0.261 e. The van der Waals surface area contributed by atoms with Crippen LogP contribution in [0.2, 0.25) is 5.04 Å². The molecule has 0 bridgehead atoms. The molecule has 0 aliphatic carbocycles. The lowest BCUT2D eigenvalue weighted by molar-refractivity contribution is -0.123. The van der Waals surface area contributed by atoms with E-state index in [1.807, 2.05) is 13.0 Å². The Morgan fingerprint density at radius 1 is 0.941 bits per heavy atom. The normalized spacial score (nSPS) is 14.5. The molecule has 0 saturated carbocycles. The molecule has 0 aliphatic heterocycles. The van der Waals surface area contributed by atoms with Crippen molar-refractivity contribution < 1.29 is 9.22 Å². The molecule has 0 saturated heterocycles. The van der Waals surface area contributed by atoms with Gasteiger partial charge in [-0.3, -0.25) is 4.79 Å². The van der Waals surface area contributed by atoms with E-state index in [2.05, 4.69) is 94.4 Å². The van der Waals surface area contributed by atoms with Crippen molar-refractivity contribution in [3.63, 3.8) is 0 Å². The summed E-state index contributed by atoms with van der Waals surface area (Å²) in [5.41, 5.74) is 1.49. The first-order valence-electron chi connectivity index (χ1n) is 12.4. The molecule has 4 heteroatoms. The van der Waals surface area contributed by atoms with Crippen LogP contribution in [0.3, 0.4) is 0 Å². The van der Waals surface area contributed by atoms with Gasteiger partial charge in [0.05, 0.1) is 0 Å². The molecule has 2 aromatic rings. The number of hydrogen-bond donors (Lipinski definition) is 0. The van der Waals surface area contributed by atoms with Crippen LogP contribution in [0, 0.1) is 11.8 Å². The van der Waals surface area contributed by atoms with Crippen molar-refractivity contribution in [2.24, 2.45) is 11.8 Å². The zero-order valence-corrected chi connectivity index (χ0v) is 23.2. The van der Waals surface area contributed by atoms with Crippen LogP contribution in [-0.2, 0) is 9.22 Å². The summed E-state index contributed by atoms with van der Waals surface area (Å²) in [4.78, 5) is 12.7. The molecule has 184 valence electrons. The molecule has 0 heterocycles. The summed E-state index contributed by atoms with van der Waals surface area (Å²) in [7, 11) is -2.51. The van der Waals surface area contributed by atoms with Crippen molar-refractivity contribution in [3.8, 4) is 0 Å². The van der Waals surface area contributed by atoms with Crippen LogP contribution in [0.15, 0.2) is 84.4 Å². The summed E-state index contributed by atoms with van der Waals surface area (Å²) < 4.78 is 6.98. The predicted octanol–water partition coefficient (Wildman–Crippen LogP) is 7.27. The predicted molar refractivity (Wildman–Crippen MR) is 150 cm³/mol. The molecule has 34 heavy (non-hydrogen) atoms. The third-order valence-corrected chi connectivity index (χ3v) is 11.7. The van der Waals surface area contributed by atoms with E-state index < -0.39 is 8.32 Å². The molecule has 0 fully saturated rings. The van der Waals surface area contributed by atoms with Crippen LogP contribution in [0.4, 0.5) is 0 Å². The van der Waals surface area contributed by atoms with Crippen molar-refractivity contribution in [2.75, 3.05) is 6.61 Å². The maximum absolute atomic E-state index is 12.7. The zero-order valence-electron chi connectivity index (χ0n) is 21.5. The molecule has 2 atom stereocenters. The molecule has 0 aromatic heterocycles. The van der Waals surface area contributed by atoms with Crippen molar-refractivity contribution in [1.82, 2.24) is 0 Å². The average molecular weight is 497 g/mol. The monoisotopic (exact) mass is 496 g/mol. The van der Waals surface area contributed by atoms with Crippen LogP contribution >= 0.6 is 11.6 Å². The Morgan fingerprint density at radius 3 is 2.00 bits per heavy atom. The van der Waals surface area contributed by atoms with Crippen LogP contribution in [-0.4, -0.2) is 20.7 Å². The fourth-order valence-electron chi connectivity index (χ4n) is 4.55. The Morgan fingerprint density at radius 2 is 1.50 bits per heavy atom. The second-order valence-electron chi connectivity index (χ2n) is 10.3. The summed E-state index contributed by atoms with van der Waals surface area (Å²) in [6, 6.07) is 21.4. The molecular formula is C30H41ClO2Si. The highest BCUT2D eigenvalue weighted by molar-refractivity contribution is 6.99. The second-order valence-corrected chi connectivity index (χ2v) is 14.9. The Kier molecular flexibility index (Phi) is 11.5. The van der Waals surface area contributed by atoms with Gasteiger partial charge in [0.2, 0.25) is 0 Å². The maximum atomic E-state index is 12.7. The fourth-order valence-corrected chi connectivity index (χ4v) is 9.21. The number of hydrogen-bond acceptors (Lipinski definition) is 2. The van der Waals surface area contributed by atoms with Gasteiger partial charge in [-0.1, -0.05) is 125 Å². The molecule has 0 unspecified atom stereocenters. The molecule has 0 radical (unpaired) electrons. The van der Waals surface area contributed by atoms with E-state index in [4.69, 9.17) is 16.0 Å². The number of carbonyl (C=O) groups is 1. The Balaban J connectivity index is 2.07. The minimum Gasteiger partial charge on any atom is -0.407 e. The summed E-state index contributed by atoms with van der Waals surface area (Å²) in [6.07, 6.45) is 9.02. The third-order valence-electron chi connectivity index (χ3n) is 6.53. The van der Waals surface area contributed by atoms with Gasteiger partial charge in [0.15, 0.2) is 0 Å². The van der Waals surface area contributed by atoms with E-state index in [0.29, 0.717) is 24.7 Å². The van der Waals surface area contributed by atoms with Gasteiger partial charge in [0, 0.05) is 24.5 Å². The van der Waals surface area contributed by atoms with Crippen molar-refractivity contribution >= 4 is 36.1 Å². The van der Waals surface area contributed by atoms with Gasteiger partial charge in [0.1, 0.15) is 5.78 Å². The average Bonchev–Trinajstić information content (AvgIpc) is 2.82. The number of benzene rings is 2. The topological polar surface area (TPSA) is 26.3 Å². The lowest BCUT2D eigenvalue weighted by Gasteiger charge is -2.43. The highest BCUT2D eigenvalue weighted by Gasteiger charge is 2.50. The van der Waals surface area contributed by atoms with Gasteiger partial charge in [-0.05, 0) is 40.6 Å². The Hall–Kier alpha value is -1.94. The van der Waals surface area contributed by atoms with Gasteiger partial charge in [-0.2, -0.15) is 0 Å². The summed E-state index contributed by atoms with van der Waals surface area (Å²) >= 11 is 5.52. The van der Waals surface area contributed by atoms with Crippen molar-refractivity contribution in [3.05, 3.63) is 84.4 Å². The van der Waals surface area contributed by atoms with Gasteiger partial charge in [0.25, 0.3) is 8.32 Å². The van der Waals surface area contributed by atoms with E-state index in [-0.39, 0.29) is 11.0 Å². The summed E-state index contributed by atoms with van der Waals surface area (Å²) in [5, 5.41) is 2.56. The van der Waals surface area contributed by atoms with E-state index in [1.165, 1.54) is 15.9 Å². The standard InChI is InChI=1S/C30H41ClO2Si/c1-25(24-29(32)26(2)16-10-6-7-15-22-31)21-23-33-34(30(3,4)5,27-17-11-8-12-18-27)28-19-13-9-14-20-28/h6-9,11-15,17-20,22,25-26H,10,16,21,23-24H2,1-5H3/b7-6+,22-15+/t25-,26+/m1/s1. The van der Waals surface area contributed by atoms with Crippen LogP contribution in [0.1, 0.15) is 60.3 Å². The number of ketones is 1. The van der Waals surface area contributed by atoms with Gasteiger partial charge < -0.3 is 4.43 Å². The van der Waals surface area contributed by atoms with Crippen LogP contribution in [0.5, 0.6) is 0 Å². The molecule has 0 amide bonds. The lowest BCUT2D eigenvalue weighted by Crippen LogP contribution is -2.66. The first-order chi connectivity index (χ1) is 16.2. The molecule has 2 aromatic carbocycles. The van der Waals surface area contributed by atoms with Gasteiger partial charge in [-0.25, -0.2) is 0 Å². The van der Waals surface area contributed by atoms with Crippen molar-refractivity contribution in [2.45, 2.75) is 65.3 Å². The summed E-state index contributed by atoms with van der Waals surface area (Å²) in [5.74, 6) is 0.715. The molecule has 0 spiro atoms. The van der Waals surface area contributed by atoms with E-state index in [9.17, 15) is 4.79 Å². The second kappa shape index (κ2) is 13.8. The summed E-state index contributed by atoms with van der Waals surface area (Å²) in [6.45, 7) is 11.8. The molecule has 2 nitrogen and oxygen atoms in total. The first-order valence-corrected chi connectivity index (χ1v) is 14.8. The quantitative estimate of drug-likeness (QED) is 0.215. The SMILES string of the molecule is C[C@H](CCO[Si](c1ccccc1)(c1ccccc1)C(C)(C)C)CC(=O)[C@@H](C)CC/C=C/C=C/Cl. The van der Waals surface area contributed by atoms with Crippen LogP contribution in [0.25, 0.3) is 0 Å². The minimum absolute atomic E-state index is 0.0323. The Bertz CT molecular complexity index is 876. The molecule has 0 N–H and O–H groups in total. The molecular weight excluding hydrogens is 456 g/mol. The van der Waals surface area contributed by atoms with E-state index in [0.717, 1.165) is 19.3 Å². The van der Waals surface area contributed by atoms with E-state index >= 15 is 0 Å². The van der Waals surface area contributed by atoms with E-state index in [1.54, 1.807) is 6.08 Å². The minimum atomic E-state index is -2.51. The lowest BCUT2D eigenvalue weighted by atomic mass is 9.92. The maximum Gasteiger partial charge on any atom is 0.261 e. The highest BCUT2D eigenvalue weighted by Crippen LogP contribution is 2.37. The molecule has 2 rings (SSSR count). The number of rotatable bonds is 13. The fraction of sp³-hybridized carbons (Fsp3) is 0.433. The largest absolute Gasteiger partial charge is 0.407 e. The molecule has 0 aliphatic rings. The highest BCUT2D eigenvalue weighted by atomic mass is 35.5. The Labute approximate surface area is 213 Å².